The maximum absolute atomic E-state index is 12.2. The maximum Gasteiger partial charge on any atom is 0.263 e. The third kappa shape index (κ3) is 3.15. The molecule has 1 heterocycles. The summed E-state index contributed by atoms with van der Waals surface area (Å²) < 4.78 is 26.8. The number of benzene rings is 1. The molecule has 0 radical (unpaired) electrons. The number of nitrogens with one attached hydrogen (secondary N) is 1. The van der Waals surface area contributed by atoms with Crippen LogP contribution in [0.4, 0.5) is 5.13 Å². The Balaban J connectivity index is 2.24. The SMILES string of the molecule is Cc1nc(NS(=O)(=O)c2ccc(CC#N)cc2)sc1C. The van der Waals surface area contributed by atoms with Crippen molar-refractivity contribution < 1.29 is 8.42 Å². The summed E-state index contributed by atoms with van der Waals surface area (Å²) in [6.45, 7) is 3.72. The van der Waals surface area contributed by atoms with Crippen molar-refractivity contribution in [2.24, 2.45) is 0 Å². The zero-order chi connectivity index (χ0) is 14.8. The van der Waals surface area contributed by atoms with E-state index in [2.05, 4.69) is 9.71 Å². The van der Waals surface area contributed by atoms with Gasteiger partial charge < -0.3 is 0 Å². The van der Waals surface area contributed by atoms with Crippen LogP contribution in [-0.2, 0) is 16.4 Å². The summed E-state index contributed by atoms with van der Waals surface area (Å²) in [5.41, 5.74) is 1.60. The number of sulfonamides is 1. The number of aryl methyl sites for hydroxylation is 2. The highest BCUT2D eigenvalue weighted by Gasteiger charge is 2.16. The van der Waals surface area contributed by atoms with Crippen LogP contribution in [0.1, 0.15) is 16.1 Å². The molecule has 0 amide bonds. The van der Waals surface area contributed by atoms with Crippen molar-refractivity contribution in [2.75, 3.05) is 4.72 Å². The van der Waals surface area contributed by atoms with E-state index in [1.54, 1.807) is 12.1 Å². The van der Waals surface area contributed by atoms with E-state index in [1.807, 2.05) is 19.9 Å². The van der Waals surface area contributed by atoms with Gasteiger partial charge in [-0.1, -0.05) is 12.1 Å². The van der Waals surface area contributed by atoms with E-state index < -0.39 is 10.0 Å². The average molecular weight is 307 g/mol. The van der Waals surface area contributed by atoms with E-state index in [9.17, 15) is 8.42 Å². The monoisotopic (exact) mass is 307 g/mol. The van der Waals surface area contributed by atoms with Gasteiger partial charge in [-0.25, -0.2) is 13.4 Å². The first kappa shape index (κ1) is 14.5. The number of aromatic nitrogens is 1. The summed E-state index contributed by atoms with van der Waals surface area (Å²) in [6, 6.07) is 8.26. The molecule has 0 aliphatic heterocycles. The van der Waals surface area contributed by atoms with Crippen molar-refractivity contribution in [1.29, 1.82) is 5.26 Å². The predicted molar refractivity (Wildman–Crippen MR) is 78.2 cm³/mol. The Labute approximate surface area is 122 Å². The molecule has 2 aromatic rings. The Morgan fingerprint density at radius 1 is 1.30 bits per heavy atom. The molecule has 1 aromatic heterocycles. The van der Waals surface area contributed by atoms with E-state index in [0.717, 1.165) is 16.1 Å². The average Bonchev–Trinajstić information content (AvgIpc) is 2.68. The number of thiazole rings is 1. The van der Waals surface area contributed by atoms with Crippen LogP contribution in [0.2, 0.25) is 0 Å². The van der Waals surface area contributed by atoms with Gasteiger partial charge in [-0.2, -0.15) is 5.26 Å². The van der Waals surface area contributed by atoms with Crippen LogP contribution in [-0.4, -0.2) is 13.4 Å². The molecule has 2 rings (SSSR count). The summed E-state index contributed by atoms with van der Waals surface area (Å²) in [5.74, 6) is 0. The van der Waals surface area contributed by atoms with E-state index >= 15 is 0 Å². The molecule has 0 aliphatic rings. The van der Waals surface area contributed by atoms with Gasteiger partial charge in [0.1, 0.15) is 0 Å². The molecule has 0 bridgehead atoms. The van der Waals surface area contributed by atoms with Crippen LogP contribution in [0.3, 0.4) is 0 Å². The van der Waals surface area contributed by atoms with Crippen molar-refractivity contribution in [3.63, 3.8) is 0 Å². The van der Waals surface area contributed by atoms with Gasteiger partial charge in [0.25, 0.3) is 10.0 Å². The highest BCUT2D eigenvalue weighted by molar-refractivity contribution is 7.93. The molecular weight excluding hydrogens is 294 g/mol. The molecular formula is C13H13N3O2S2. The molecule has 104 valence electrons. The number of rotatable bonds is 4. The lowest BCUT2D eigenvalue weighted by atomic mass is 10.2. The Morgan fingerprint density at radius 2 is 1.95 bits per heavy atom. The fraction of sp³-hybridized carbons (Fsp3) is 0.231. The Bertz CT molecular complexity index is 736. The molecule has 1 N–H and O–H groups in total. The fourth-order valence-electron chi connectivity index (χ4n) is 1.57. The molecule has 0 spiro atoms. The van der Waals surface area contributed by atoms with Crippen LogP contribution in [0.5, 0.6) is 0 Å². The predicted octanol–water partition coefficient (Wildman–Crippen LogP) is 2.63. The first-order valence-corrected chi connectivity index (χ1v) is 8.15. The number of hydrogen-bond donors (Lipinski definition) is 1. The third-order valence-corrected chi connectivity index (χ3v) is 5.24. The summed E-state index contributed by atoms with van der Waals surface area (Å²) in [7, 11) is -3.63. The Morgan fingerprint density at radius 3 is 2.45 bits per heavy atom. The van der Waals surface area contributed by atoms with Gasteiger partial charge in [0, 0.05) is 4.88 Å². The standard InChI is InChI=1S/C13H13N3O2S2/c1-9-10(2)19-13(15-9)16-20(17,18)12-5-3-11(4-6-12)7-8-14/h3-6H,7H2,1-2H3,(H,15,16). The van der Waals surface area contributed by atoms with Crippen LogP contribution >= 0.6 is 11.3 Å². The highest BCUT2D eigenvalue weighted by Crippen LogP contribution is 2.24. The van der Waals surface area contributed by atoms with E-state index in [0.29, 0.717) is 5.13 Å². The van der Waals surface area contributed by atoms with Gasteiger partial charge >= 0.3 is 0 Å². The number of nitriles is 1. The Kier molecular flexibility index (Phi) is 4.06. The van der Waals surface area contributed by atoms with Gasteiger partial charge in [-0.05, 0) is 31.5 Å². The molecule has 0 saturated heterocycles. The lowest BCUT2D eigenvalue weighted by molar-refractivity contribution is 0.601. The van der Waals surface area contributed by atoms with Crippen LogP contribution in [0.25, 0.3) is 0 Å². The molecule has 0 fully saturated rings. The van der Waals surface area contributed by atoms with Crippen molar-refractivity contribution in [1.82, 2.24) is 4.98 Å². The fourth-order valence-corrected chi connectivity index (χ4v) is 3.62. The normalized spacial score (nSPS) is 11.1. The lowest BCUT2D eigenvalue weighted by Gasteiger charge is -2.05. The molecule has 0 unspecified atom stereocenters. The zero-order valence-corrected chi connectivity index (χ0v) is 12.7. The number of nitrogens with zero attached hydrogens (tertiary/aromatic N) is 2. The first-order valence-electron chi connectivity index (χ1n) is 5.85. The second-order valence-electron chi connectivity index (χ2n) is 4.24. The first-order chi connectivity index (χ1) is 9.42. The van der Waals surface area contributed by atoms with Crippen LogP contribution in [0, 0.1) is 25.2 Å². The zero-order valence-electron chi connectivity index (χ0n) is 11.0. The largest absolute Gasteiger partial charge is 0.263 e. The van der Waals surface area contributed by atoms with E-state index in [4.69, 9.17) is 5.26 Å². The molecule has 0 atom stereocenters. The highest BCUT2D eigenvalue weighted by atomic mass is 32.2. The summed E-state index contributed by atoms with van der Waals surface area (Å²) in [4.78, 5) is 5.29. The Hall–Kier alpha value is -1.91. The van der Waals surface area contributed by atoms with Crippen LogP contribution in [0.15, 0.2) is 29.2 Å². The lowest BCUT2D eigenvalue weighted by Crippen LogP contribution is -2.12. The topological polar surface area (TPSA) is 82.8 Å². The second-order valence-corrected chi connectivity index (χ2v) is 7.13. The third-order valence-electron chi connectivity index (χ3n) is 2.77. The van der Waals surface area contributed by atoms with Crippen molar-refractivity contribution in [2.45, 2.75) is 25.2 Å². The summed E-state index contributed by atoms with van der Waals surface area (Å²) in [5, 5.41) is 8.95. The second kappa shape index (κ2) is 5.61. The maximum atomic E-state index is 12.2. The molecule has 1 aromatic carbocycles. The van der Waals surface area contributed by atoms with E-state index in [1.165, 1.54) is 23.5 Å². The molecule has 20 heavy (non-hydrogen) atoms. The van der Waals surface area contributed by atoms with E-state index in [-0.39, 0.29) is 11.3 Å². The van der Waals surface area contributed by atoms with Gasteiger partial charge in [0.15, 0.2) is 5.13 Å². The summed E-state index contributed by atoms with van der Waals surface area (Å²) in [6.07, 6.45) is 0.263. The minimum atomic E-state index is -3.63. The molecule has 7 heteroatoms. The summed E-state index contributed by atoms with van der Waals surface area (Å²) >= 11 is 1.30. The van der Waals surface area contributed by atoms with Crippen molar-refractivity contribution in [3.8, 4) is 6.07 Å². The molecule has 0 saturated carbocycles. The minimum absolute atomic E-state index is 0.157. The van der Waals surface area contributed by atoms with Crippen LogP contribution < -0.4 is 4.72 Å². The number of anilines is 1. The van der Waals surface area contributed by atoms with Gasteiger partial charge in [0.2, 0.25) is 0 Å². The van der Waals surface area contributed by atoms with Crippen molar-refractivity contribution >= 4 is 26.5 Å². The van der Waals surface area contributed by atoms with Crippen molar-refractivity contribution in [3.05, 3.63) is 40.4 Å². The van der Waals surface area contributed by atoms with Gasteiger partial charge in [0.05, 0.1) is 23.1 Å². The quantitative estimate of drug-likeness (QED) is 0.941. The smallest absolute Gasteiger partial charge is 0.255 e. The molecule has 0 aliphatic carbocycles. The minimum Gasteiger partial charge on any atom is -0.255 e. The molecule has 5 nitrogen and oxygen atoms in total. The van der Waals surface area contributed by atoms with Gasteiger partial charge in [-0.15, -0.1) is 11.3 Å². The number of hydrogen-bond acceptors (Lipinski definition) is 5. The van der Waals surface area contributed by atoms with Gasteiger partial charge in [-0.3, -0.25) is 4.72 Å².